The Labute approximate surface area is 113 Å². The van der Waals surface area contributed by atoms with E-state index in [9.17, 15) is 0 Å². The summed E-state index contributed by atoms with van der Waals surface area (Å²) in [6.07, 6.45) is 1.89. The molecule has 2 aliphatic heterocycles. The molecule has 1 aromatic heterocycles. The van der Waals surface area contributed by atoms with Crippen molar-refractivity contribution in [1.82, 2.24) is 9.97 Å². The number of aromatic nitrogens is 2. The summed E-state index contributed by atoms with van der Waals surface area (Å²) < 4.78 is 6.33. The van der Waals surface area contributed by atoms with Crippen LogP contribution in [-0.2, 0) is 4.74 Å². The third-order valence-corrected chi connectivity index (χ3v) is 4.17. The molecule has 2 aliphatic rings. The fraction of sp³-hybridized carbons (Fsp3) is 0.385. The first-order valence-electron chi connectivity index (χ1n) is 5.99. The standard InChI is InChI=1S/C13H12BrN3O/c14-10-1-2-11-9(3-10)4-15-12(16-11)17-5-13(6-17)7-18-8-13/h1-4H,5-8H2. The quantitative estimate of drug-likeness (QED) is 0.810. The highest BCUT2D eigenvalue weighted by atomic mass is 79.9. The second-order valence-corrected chi connectivity index (χ2v) is 6.14. The summed E-state index contributed by atoms with van der Waals surface area (Å²) >= 11 is 3.46. The predicted molar refractivity (Wildman–Crippen MR) is 72.7 cm³/mol. The normalized spacial score (nSPS) is 20.8. The zero-order valence-electron chi connectivity index (χ0n) is 9.77. The van der Waals surface area contributed by atoms with Crippen molar-refractivity contribution in [2.24, 2.45) is 5.41 Å². The molecule has 1 spiro atoms. The van der Waals surface area contributed by atoms with Crippen molar-refractivity contribution in [3.63, 3.8) is 0 Å². The van der Waals surface area contributed by atoms with Crippen LogP contribution in [-0.4, -0.2) is 36.3 Å². The molecule has 92 valence electrons. The van der Waals surface area contributed by atoms with Crippen molar-refractivity contribution in [2.75, 3.05) is 31.2 Å². The van der Waals surface area contributed by atoms with Crippen LogP contribution in [0.25, 0.3) is 10.9 Å². The van der Waals surface area contributed by atoms with E-state index in [0.717, 1.165) is 47.6 Å². The average molecular weight is 306 g/mol. The SMILES string of the molecule is Brc1ccc2nc(N3CC4(COC4)C3)ncc2c1. The molecule has 0 amide bonds. The van der Waals surface area contributed by atoms with Gasteiger partial charge in [-0.15, -0.1) is 0 Å². The minimum atomic E-state index is 0.401. The van der Waals surface area contributed by atoms with E-state index in [1.807, 2.05) is 24.4 Å². The summed E-state index contributed by atoms with van der Waals surface area (Å²) in [5.41, 5.74) is 1.40. The molecule has 4 rings (SSSR count). The molecular weight excluding hydrogens is 294 g/mol. The number of hydrogen-bond donors (Lipinski definition) is 0. The fourth-order valence-electron chi connectivity index (χ4n) is 2.63. The average Bonchev–Trinajstić information content (AvgIpc) is 2.25. The van der Waals surface area contributed by atoms with Crippen molar-refractivity contribution in [3.8, 4) is 0 Å². The second-order valence-electron chi connectivity index (χ2n) is 5.22. The topological polar surface area (TPSA) is 38.2 Å². The highest BCUT2D eigenvalue weighted by Gasteiger charge is 2.49. The number of benzene rings is 1. The molecule has 0 radical (unpaired) electrons. The Bertz CT molecular complexity index is 619. The van der Waals surface area contributed by atoms with E-state index >= 15 is 0 Å². The lowest BCUT2D eigenvalue weighted by Gasteiger charge is -2.54. The minimum Gasteiger partial charge on any atom is -0.380 e. The van der Waals surface area contributed by atoms with Gasteiger partial charge in [-0.05, 0) is 18.2 Å². The van der Waals surface area contributed by atoms with E-state index in [-0.39, 0.29) is 0 Å². The zero-order valence-corrected chi connectivity index (χ0v) is 11.4. The lowest BCUT2D eigenvalue weighted by atomic mass is 9.78. The fourth-order valence-corrected chi connectivity index (χ4v) is 3.00. The molecule has 5 heteroatoms. The molecule has 2 saturated heterocycles. The summed E-state index contributed by atoms with van der Waals surface area (Å²) in [4.78, 5) is 11.3. The van der Waals surface area contributed by atoms with Gasteiger partial charge < -0.3 is 9.64 Å². The van der Waals surface area contributed by atoms with Crippen LogP contribution in [0.15, 0.2) is 28.9 Å². The lowest BCUT2D eigenvalue weighted by Crippen LogP contribution is -2.66. The molecule has 0 saturated carbocycles. The first kappa shape index (κ1) is 10.7. The molecular formula is C13H12BrN3O. The predicted octanol–water partition coefficient (Wildman–Crippen LogP) is 2.23. The van der Waals surface area contributed by atoms with Crippen LogP contribution in [0.1, 0.15) is 0 Å². The number of rotatable bonds is 1. The molecule has 0 atom stereocenters. The number of hydrogen-bond acceptors (Lipinski definition) is 4. The second kappa shape index (κ2) is 3.65. The highest BCUT2D eigenvalue weighted by Crippen LogP contribution is 2.39. The highest BCUT2D eigenvalue weighted by molar-refractivity contribution is 9.10. The van der Waals surface area contributed by atoms with Crippen LogP contribution < -0.4 is 4.90 Å². The lowest BCUT2D eigenvalue weighted by molar-refractivity contribution is -0.127. The Morgan fingerprint density at radius 3 is 2.83 bits per heavy atom. The summed E-state index contributed by atoms with van der Waals surface area (Å²) in [5, 5.41) is 1.07. The van der Waals surface area contributed by atoms with Gasteiger partial charge in [-0.2, -0.15) is 0 Å². The van der Waals surface area contributed by atoms with E-state index < -0.39 is 0 Å². The van der Waals surface area contributed by atoms with E-state index in [4.69, 9.17) is 4.74 Å². The van der Waals surface area contributed by atoms with Gasteiger partial charge in [0.15, 0.2) is 0 Å². The van der Waals surface area contributed by atoms with Crippen molar-refractivity contribution >= 4 is 32.8 Å². The minimum absolute atomic E-state index is 0.401. The Balaban J connectivity index is 1.64. The number of fused-ring (bicyclic) bond motifs is 1. The first-order valence-corrected chi connectivity index (χ1v) is 6.79. The summed E-state index contributed by atoms with van der Waals surface area (Å²) in [5.74, 6) is 0.836. The first-order chi connectivity index (χ1) is 8.74. The number of ether oxygens (including phenoxy) is 1. The Kier molecular flexibility index (Phi) is 2.17. The molecule has 0 unspecified atom stereocenters. The summed E-state index contributed by atoms with van der Waals surface area (Å²) in [6.45, 7) is 3.83. The van der Waals surface area contributed by atoms with Gasteiger partial charge in [0.2, 0.25) is 5.95 Å². The molecule has 1 aromatic carbocycles. The molecule has 2 aromatic rings. The maximum Gasteiger partial charge on any atom is 0.225 e. The van der Waals surface area contributed by atoms with Gasteiger partial charge in [0.05, 0.1) is 24.1 Å². The van der Waals surface area contributed by atoms with Gasteiger partial charge >= 0.3 is 0 Å². The van der Waals surface area contributed by atoms with Gasteiger partial charge in [-0.25, -0.2) is 9.97 Å². The Morgan fingerprint density at radius 2 is 2.11 bits per heavy atom. The van der Waals surface area contributed by atoms with Crippen LogP contribution in [0.5, 0.6) is 0 Å². The van der Waals surface area contributed by atoms with Crippen molar-refractivity contribution < 1.29 is 4.74 Å². The van der Waals surface area contributed by atoms with Gasteiger partial charge in [0, 0.05) is 29.1 Å². The maximum absolute atomic E-state index is 5.27. The van der Waals surface area contributed by atoms with Crippen LogP contribution in [0.4, 0.5) is 5.95 Å². The third-order valence-electron chi connectivity index (χ3n) is 3.68. The largest absolute Gasteiger partial charge is 0.380 e. The smallest absolute Gasteiger partial charge is 0.225 e. The van der Waals surface area contributed by atoms with Gasteiger partial charge in [0.25, 0.3) is 0 Å². The van der Waals surface area contributed by atoms with Crippen LogP contribution >= 0.6 is 15.9 Å². The van der Waals surface area contributed by atoms with E-state index in [1.165, 1.54) is 0 Å². The number of anilines is 1. The van der Waals surface area contributed by atoms with E-state index in [1.54, 1.807) is 0 Å². The van der Waals surface area contributed by atoms with E-state index in [2.05, 4.69) is 30.8 Å². The van der Waals surface area contributed by atoms with Gasteiger partial charge in [0.1, 0.15) is 0 Å². The third kappa shape index (κ3) is 1.54. The Hall–Kier alpha value is -1.20. The zero-order chi connectivity index (χ0) is 12.2. The van der Waals surface area contributed by atoms with Crippen molar-refractivity contribution in [2.45, 2.75) is 0 Å². The van der Waals surface area contributed by atoms with Crippen LogP contribution in [0.2, 0.25) is 0 Å². The van der Waals surface area contributed by atoms with E-state index in [0.29, 0.717) is 5.41 Å². The molecule has 0 bridgehead atoms. The van der Waals surface area contributed by atoms with Gasteiger partial charge in [-0.3, -0.25) is 0 Å². The van der Waals surface area contributed by atoms with Crippen LogP contribution in [0, 0.1) is 5.41 Å². The molecule has 4 nitrogen and oxygen atoms in total. The van der Waals surface area contributed by atoms with Gasteiger partial charge in [-0.1, -0.05) is 15.9 Å². The Morgan fingerprint density at radius 1 is 1.28 bits per heavy atom. The number of halogens is 1. The molecule has 3 heterocycles. The maximum atomic E-state index is 5.27. The molecule has 0 N–H and O–H groups in total. The molecule has 18 heavy (non-hydrogen) atoms. The number of nitrogens with zero attached hydrogens (tertiary/aromatic N) is 3. The summed E-state index contributed by atoms with van der Waals surface area (Å²) in [6, 6.07) is 6.07. The summed E-state index contributed by atoms with van der Waals surface area (Å²) in [7, 11) is 0. The monoisotopic (exact) mass is 305 g/mol. The van der Waals surface area contributed by atoms with Crippen LogP contribution in [0.3, 0.4) is 0 Å². The molecule has 2 fully saturated rings. The molecule has 0 aliphatic carbocycles. The van der Waals surface area contributed by atoms with Crippen molar-refractivity contribution in [3.05, 3.63) is 28.9 Å². The van der Waals surface area contributed by atoms with Crippen molar-refractivity contribution in [1.29, 1.82) is 0 Å².